The number of hydrogen-bond acceptors (Lipinski definition) is 8. The number of methoxy groups -OCH3 is 1. The number of Topliss-reactive ketones (excluding diaryl/α,β-unsaturated/α-hetero) is 1. The van der Waals surface area contributed by atoms with Crippen LogP contribution < -0.4 is 19.5 Å². The van der Waals surface area contributed by atoms with E-state index in [2.05, 4.69) is 5.43 Å². The van der Waals surface area contributed by atoms with Crippen molar-refractivity contribution < 1.29 is 33.3 Å². The maximum Gasteiger partial charge on any atom is 0.363 e. The zero-order chi connectivity index (χ0) is 31.5. The Balaban J connectivity index is 2.28. The molecule has 0 saturated heterocycles. The molecule has 2 aromatic carbocycles. The van der Waals surface area contributed by atoms with Crippen molar-refractivity contribution in [2.24, 2.45) is 5.41 Å². The van der Waals surface area contributed by atoms with E-state index in [1.54, 1.807) is 52.1 Å². The average Bonchev–Trinajstić information content (AvgIpc) is 2.96. The van der Waals surface area contributed by atoms with Gasteiger partial charge in [0.15, 0.2) is 18.3 Å². The lowest BCUT2D eigenvalue weighted by molar-refractivity contribution is -0.161. The lowest BCUT2D eigenvalue weighted by atomic mass is 9.93. The van der Waals surface area contributed by atoms with Crippen LogP contribution in [-0.4, -0.2) is 56.2 Å². The van der Waals surface area contributed by atoms with Gasteiger partial charge in [-0.1, -0.05) is 32.4 Å². The molecule has 0 radical (unpaired) electrons. The van der Waals surface area contributed by atoms with Gasteiger partial charge in [-0.2, -0.15) is 0 Å². The van der Waals surface area contributed by atoms with Crippen LogP contribution in [0.5, 0.6) is 11.5 Å². The minimum Gasteiger partial charge on any atom is -0.496 e. The van der Waals surface area contributed by atoms with Crippen LogP contribution >= 0.6 is 11.6 Å². The molecular formula is C32H44ClN2O7+. The van der Waals surface area contributed by atoms with Gasteiger partial charge in [-0.15, -0.1) is 10.0 Å². The standard InChI is InChI=1S/C32H44ClN2O7/c1-10-40-22-12-13-23(27(17-22)39-9)29-24-16-21(33)11-14-26(24)35(19-31(3,4)5,28(37)18-41-29)34-25(15-20(2)36)30(38)42-32(6,7)8/h11-14,16-17,25,29,34H,10,15,18-19H2,1-9H3/q+1/t25-,29+,35?/m0/s1. The van der Waals surface area contributed by atoms with Gasteiger partial charge in [-0.05, 0) is 58.9 Å². The van der Waals surface area contributed by atoms with Crippen molar-refractivity contribution in [2.75, 3.05) is 26.9 Å². The maximum absolute atomic E-state index is 14.3. The monoisotopic (exact) mass is 603 g/mol. The number of nitrogens with zero attached hydrogens (tertiary/aromatic N) is 1. The summed E-state index contributed by atoms with van der Waals surface area (Å²) in [5.41, 5.74) is 3.94. The topological polar surface area (TPSA) is 100 Å². The number of carbonyl (C=O) groups excluding carboxylic acids is 3. The molecule has 0 fully saturated rings. The van der Waals surface area contributed by atoms with E-state index < -0.39 is 33.7 Å². The Bertz CT molecular complexity index is 1310. The summed E-state index contributed by atoms with van der Waals surface area (Å²) in [5.74, 6) is -0.0196. The highest BCUT2D eigenvalue weighted by atomic mass is 35.5. The molecule has 0 aromatic heterocycles. The molecule has 0 bridgehead atoms. The van der Waals surface area contributed by atoms with Crippen molar-refractivity contribution in [3.8, 4) is 11.5 Å². The van der Waals surface area contributed by atoms with Crippen LogP contribution in [0.2, 0.25) is 5.02 Å². The Morgan fingerprint density at radius 3 is 2.36 bits per heavy atom. The summed E-state index contributed by atoms with van der Waals surface area (Å²) in [4.78, 5) is 40.1. The summed E-state index contributed by atoms with van der Waals surface area (Å²) in [6.07, 6.45) is -0.894. The predicted octanol–water partition coefficient (Wildman–Crippen LogP) is 5.94. The van der Waals surface area contributed by atoms with Gasteiger partial charge in [0.25, 0.3) is 0 Å². The summed E-state index contributed by atoms with van der Waals surface area (Å²) < 4.78 is 22.9. The van der Waals surface area contributed by atoms with E-state index in [-0.39, 0.29) is 31.3 Å². The normalized spacial score (nSPS) is 19.9. The first-order valence-electron chi connectivity index (χ1n) is 14.1. The van der Waals surface area contributed by atoms with Crippen molar-refractivity contribution >= 4 is 34.9 Å². The van der Waals surface area contributed by atoms with E-state index in [9.17, 15) is 14.4 Å². The van der Waals surface area contributed by atoms with E-state index in [1.807, 2.05) is 39.8 Å². The molecular weight excluding hydrogens is 560 g/mol. The molecule has 1 amide bonds. The minimum absolute atomic E-state index is 0.160. The van der Waals surface area contributed by atoms with Crippen molar-refractivity contribution in [1.29, 1.82) is 0 Å². The van der Waals surface area contributed by atoms with Crippen molar-refractivity contribution in [3.63, 3.8) is 0 Å². The highest BCUT2D eigenvalue weighted by Gasteiger charge is 2.51. The zero-order valence-corrected chi connectivity index (χ0v) is 26.9. The number of quaternary nitrogens is 1. The SMILES string of the molecule is CCOc1ccc([C@H]2OCC(=O)[N+](CC(C)(C)C)(N[C@@H](CC(C)=O)C(=O)OC(C)(C)C)c3ccc(Cl)cc32)c(OC)c1. The molecule has 2 aromatic rings. The number of halogens is 1. The lowest BCUT2D eigenvalue weighted by Gasteiger charge is -2.41. The molecule has 1 N–H and O–H groups in total. The summed E-state index contributed by atoms with van der Waals surface area (Å²) in [6.45, 7) is 15.0. The van der Waals surface area contributed by atoms with Crippen LogP contribution in [0.15, 0.2) is 36.4 Å². The quantitative estimate of drug-likeness (QED) is 0.263. The third-order valence-electron chi connectivity index (χ3n) is 6.55. The fourth-order valence-electron chi connectivity index (χ4n) is 5.17. The van der Waals surface area contributed by atoms with Crippen LogP contribution in [0.25, 0.3) is 0 Å². The molecule has 1 aliphatic rings. The number of hydrogen-bond donors (Lipinski definition) is 1. The summed E-state index contributed by atoms with van der Waals surface area (Å²) >= 11 is 6.55. The van der Waals surface area contributed by atoms with Gasteiger partial charge in [-0.3, -0.25) is 9.59 Å². The van der Waals surface area contributed by atoms with Crippen LogP contribution in [0.3, 0.4) is 0 Å². The highest BCUT2D eigenvalue weighted by Crippen LogP contribution is 2.45. The molecule has 9 nitrogen and oxygen atoms in total. The molecule has 3 rings (SSSR count). The van der Waals surface area contributed by atoms with Gasteiger partial charge < -0.3 is 18.9 Å². The fourth-order valence-corrected chi connectivity index (χ4v) is 5.35. The van der Waals surface area contributed by atoms with Gasteiger partial charge in [0.1, 0.15) is 35.5 Å². The van der Waals surface area contributed by atoms with Gasteiger partial charge in [0, 0.05) is 34.6 Å². The molecule has 42 heavy (non-hydrogen) atoms. The Kier molecular flexibility index (Phi) is 10.5. The van der Waals surface area contributed by atoms with Crippen molar-refractivity contribution in [3.05, 3.63) is 52.5 Å². The van der Waals surface area contributed by atoms with Crippen molar-refractivity contribution in [2.45, 2.75) is 79.6 Å². The summed E-state index contributed by atoms with van der Waals surface area (Å²) in [7, 11) is 1.56. The van der Waals surface area contributed by atoms with Crippen LogP contribution in [0, 0.1) is 5.41 Å². The van der Waals surface area contributed by atoms with E-state index in [4.69, 9.17) is 30.5 Å². The lowest BCUT2D eigenvalue weighted by Crippen LogP contribution is -2.71. The molecule has 0 aliphatic carbocycles. The Morgan fingerprint density at radius 1 is 1.10 bits per heavy atom. The number of fused-ring (bicyclic) bond motifs is 1. The maximum atomic E-state index is 14.3. The van der Waals surface area contributed by atoms with Crippen LogP contribution in [0.4, 0.5) is 5.69 Å². The largest absolute Gasteiger partial charge is 0.496 e. The second kappa shape index (κ2) is 13.1. The van der Waals surface area contributed by atoms with E-state index >= 15 is 0 Å². The molecule has 3 atom stereocenters. The fraction of sp³-hybridized carbons (Fsp3) is 0.531. The summed E-state index contributed by atoms with van der Waals surface area (Å²) in [5, 5.41) is 0.447. The molecule has 1 unspecified atom stereocenters. The van der Waals surface area contributed by atoms with Gasteiger partial charge >= 0.3 is 11.9 Å². The number of carbonyl (C=O) groups is 3. The number of ketones is 1. The Hall–Kier alpha value is -2.98. The zero-order valence-electron chi connectivity index (χ0n) is 26.1. The average molecular weight is 604 g/mol. The number of rotatable bonds is 10. The smallest absolute Gasteiger partial charge is 0.363 e. The first-order valence-corrected chi connectivity index (χ1v) is 14.5. The molecule has 1 heterocycles. The van der Waals surface area contributed by atoms with Gasteiger partial charge in [0.2, 0.25) is 0 Å². The van der Waals surface area contributed by atoms with E-state index in [1.165, 1.54) is 6.92 Å². The molecule has 0 spiro atoms. The highest BCUT2D eigenvalue weighted by molar-refractivity contribution is 6.30. The number of ether oxygens (including phenoxy) is 4. The number of esters is 1. The molecule has 1 aliphatic heterocycles. The predicted molar refractivity (Wildman–Crippen MR) is 163 cm³/mol. The van der Waals surface area contributed by atoms with E-state index in [0.717, 1.165) is 0 Å². The minimum atomic E-state index is -1.10. The van der Waals surface area contributed by atoms with Crippen LogP contribution in [0.1, 0.15) is 79.0 Å². The molecule has 230 valence electrons. The number of benzene rings is 2. The first kappa shape index (κ1) is 33.5. The molecule has 10 heteroatoms. The van der Waals surface area contributed by atoms with Gasteiger partial charge in [0.05, 0.1) is 19.3 Å². The van der Waals surface area contributed by atoms with Crippen LogP contribution in [-0.2, 0) is 23.9 Å². The molecule has 0 saturated carbocycles. The van der Waals surface area contributed by atoms with E-state index in [0.29, 0.717) is 39.9 Å². The number of nitrogens with one attached hydrogen (secondary N) is 1. The second-order valence-corrected chi connectivity index (χ2v) is 13.2. The third kappa shape index (κ3) is 8.10. The van der Waals surface area contributed by atoms with Crippen molar-refractivity contribution in [1.82, 2.24) is 10.0 Å². The van der Waals surface area contributed by atoms with Gasteiger partial charge in [-0.25, -0.2) is 4.79 Å². The Morgan fingerprint density at radius 2 is 1.79 bits per heavy atom. The summed E-state index contributed by atoms with van der Waals surface area (Å²) in [6, 6.07) is 9.59. The first-order chi connectivity index (χ1) is 19.5. The third-order valence-corrected chi connectivity index (χ3v) is 6.79. The Labute approximate surface area is 254 Å². The number of amides is 1. The second-order valence-electron chi connectivity index (χ2n) is 12.8.